The maximum atomic E-state index is 10.9. The molecule has 0 aromatic carbocycles. The molecule has 0 spiro atoms. The molecule has 3 saturated heterocycles. The minimum absolute atomic E-state index is 0.180. The van der Waals surface area contributed by atoms with Crippen LogP contribution in [0, 0.1) is 0 Å². The van der Waals surface area contributed by atoms with Crippen LogP contribution in [0.1, 0.15) is 78.1 Å². The molecule has 238 valence electrons. The van der Waals surface area contributed by atoms with Crippen molar-refractivity contribution in [2.75, 3.05) is 88.3 Å². The van der Waals surface area contributed by atoms with E-state index in [0.717, 1.165) is 32.0 Å². The number of amides is 1. The summed E-state index contributed by atoms with van der Waals surface area (Å²) in [6.07, 6.45) is 13.7. The molecule has 0 aromatic rings. The number of piperidine rings is 3. The van der Waals surface area contributed by atoms with E-state index in [4.69, 9.17) is 18.9 Å². The van der Waals surface area contributed by atoms with Gasteiger partial charge in [0.15, 0.2) is 0 Å². The highest BCUT2D eigenvalue weighted by atomic mass is 16.5. The van der Waals surface area contributed by atoms with E-state index < -0.39 is 0 Å². The number of carbonyl (C=O) groups is 1. The van der Waals surface area contributed by atoms with Gasteiger partial charge in [0.2, 0.25) is 5.91 Å². The average molecular weight is 573 g/mol. The molecule has 0 radical (unpaired) electrons. The summed E-state index contributed by atoms with van der Waals surface area (Å²) in [6.45, 7) is 11.6. The van der Waals surface area contributed by atoms with Gasteiger partial charge in [0, 0.05) is 80.7 Å². The Morgan fingerprint density at radius 1 is 0.650 bits per heavy atom. The average Bonchev–Trinajstić information content (AvgIpc) is 3.02. The van der Waals surface area contributed by atoms with E-state index in [1.807, 2.05) is 26.2 Å². The molecule has 3 heterocycles. The van der Waals surface area contributed by atoms with Crippen molar-refractivity contribution < 1.29 is 23.7 Å². The van der Waals surface area contributed by atoms with Crippen molar-refractivity contribution in [2.24, 2.45) is 0 Å². The van der Waals surface area contributed by atoms with E-state index in [9.17, 15) is 4.79 Å². The zero-order valence-electron chi connectivity index (χ0n) is 27.3. The minimum atomic E-state index is 0.180. The third-order valence-electron chi connectivity index (χ3n) is 8.95. The number of rotatable bonds is 6. The first-order chi connectivity index (χ1) is 19.3. The molecule has 4 fully saturated rings. The molecule has 40 heavy (non-hydrogen) atoms. The van der Waals surface area contributed by atoms with Crippen LogP contribution in [-0.4, -0.2) is 139 Å². The van der Waals surface area contributed by atoms with Crippen LogP contribution < -0.4 is 5.32 Å². The Bertz CT molecular complexity index is 549. The third kappa shape index (κ3) is 16.0. The number of carbonyl (C=O) groups excluding carboxylic acids is 1. The molecule has 0 unspecified atom stereocenters. The fourth-order valence-electron chi connectivity index (χ4n) is 5.68. The summed E-state index contributed by atoms with van der Waals surface area (Å²) in [7, 11) is 11.4. The largest absolute Gasteiger partial charge is 0.381 e. The van der Waals surface area contributed by atoms with Gasteiger partial charge in [0.25, 0.3) is 0 Å². The van der Waals surface area contributed by atoms with Crippen LogP contribution >= 0.6 is 0 Å². The topological polar surface area (TPSA) is 75.7 Å². The van der Waals surface area contributed by atoms with E-state index >= 15 is 0 Å². The first-order valence-electron chi connectivity index (χ1n) is 15.7. The van der Waals surface area contributed by atoms with Crippen LogP contribution in [0.5, 0.6) is 0 Å². The number of methoxy groups -OCH3 is 4. The van der Waals surface area contributed by atoms with Crippen molar-refractivity contribution in [1.29, 1.82) is 0 Å². The van der Waals surface area contributed by atoms with Crippen LogP contribution in [-0.2, 0) is 23.7 Å². The van der Waals surface area contributed by atoms with Crippen molar-refractivity contribution in [3.63, 3.8) is 0 Å². The van der Waals surface area contributed by atoms with Crippen LogP contribution in [0.4, 0.5) is 0 Å². The van der Waals surface area contributed by atoms with E-state index in [-0.39, 0.29) is 5.91 Å². The van der Waals surface area contributed by atoms with Crippen molar-refractivity contribution in [3.05, 3.63) is 0 Å². The minimum Gasteiger partial charge on any atom is -0.381 e. The predicted octanol–water partition coefficient (Wildman–Crippen LogP) is 3.65. The first-order valence-corrected chi connectivity index (χ1v) is 15.7. The van der Waals surface area contributed by atoms with E-state index in [0.29, 0.717) is 24.4 Å². The van der Waals surface area contributed by atoms with Crippen LogP contribution in [0.3, 0.4) is 0 Å². The highest BCUT2D eigenvalue weighted by Crippen LogP contribution is 2.20. The molecular formula is C31H64N4O5. The molecule has 1 saturated carbocycles. The number of hydrogen-bond acceptors (Lipinski definition) is 8. The lowest BCUT2D eigenvalue weighted by Crippen LogP contribution is -2.39. The third-order valence-corrected chi connectivity index (χ3v) is 8.95. The van der Waals surface area contributed by atoms with Crippen LogP contribution in [0.15, 0.2) is 0 Å². The number of hydrogen-bond donors (Lipinski definition) is 1. The summed E-state index contributed by atoms with van der Waals surface area (Å²) in [5.74, 6) is 0.180. The normalized spacial score (nSPS) is 25.6. The van der Waals surface area contributed by atoms with Gasteiger partial charge in [0.05, 0.1) is 24.4 Å². The molecule has 0 atom stereocenters. The van der Waals surface area contributed by atoms with Gasteiger partial charge >= 0.3 is 0 Å². The fourth-order valence-corrected chi connectivity index (χ4v) is 5.68. The van der Waals surface area contributed by atoms with Gasteiger partial charge in [-0.15, -0.1) is 0 Å². The number of nitrogens with zero attached hydrogens (tertiary/aromatic N) is 3. The lowest BCUT2D eigenvalue weighted by molar-refractivity contribution is -0.131. The van der Waals surface area contributed by atoms with Gasteiger partial charge in [-0.05, 0) is 84.8 Å². The number of likely N-dealkylation sites (tertiary alicyclic amines) is 3. The summed E-state index contributed by atoms with van der Waals surface area (Å²) in [6, 6.07) is 0.742. The SMILES string of the molecule is CCN1CCC(OC)CC1.CNC1CCC(OC)CC1.COC1CCN(C(C)=O)CC1.COC1CCN(C)CC1. The van der Waals surface area contributed by atoms with Crippen LogP contribution in [0.25, 0.3) is 0 Å². The fraction of sp³-hybridized carbons (Fsp3) is 0.968. The smallest absolute Gasteiger partial charge is 0.219 e. The Kier molecular flexibility index (Phi) is 21.2. The number of nitrogens with one attached hydrogen (secondary N) is 1. The lowest BCUT2D eigenvalue weighted by atomic mass is 9.93. The Hall–Kier alpha value is -0.810. The van der Waals surface area contributed by atoms with E-state index in [1.54, 1.807) is 21.1 Å². The maximum absolute atomic E-state index is 10.9. The summed E-state index contributed by atoms with van der Waals surface area (Å²) in [4.78, 5) is 17.6. The van der Waals surface area contributed by atoms with Crippen molar-refractivity contribution in [2.45, 2.75) is 109 Å². The Labute approximate surface area is 246 Å². The van der Waals surface area contributed by atoms with Gasteiger partial charge in [-0.1, -0.05) is 6.92 Å². The Morgan fingerprint density at radius 3 is 1.38 bits per heavy atom. The Balaban J connectivity index is 0.000000267. The van der Waals surface area contributed by atoms with Gasteiger partial charge in [0.1, 0.15) is 0 Å². The second-order valence-corrected chi connectivity index (χ2v) is 11.5. The molecule has 3 aliphatic heterocycles. The van der Waals surface area contributed by atoms with Crippen molar-refractivity contribution >= 4 is 5.91 Å². The Morgan fingerprint density at radius 2 is 1.02 bits per heavy atom. The molecule has 9 heteroatoms. The lowest BCUT2D eigenvalue weighted by Gasteiger charge is -2.30. The first kappa shape index (κ1) is 37.2. The molecule has 0 aromatic heterocycles. The second kappa shape index (κ2) is 22.7. The molecule has 9 nitrogen and oxygen atoms in total. The molecule has 1 aliphatic carbocycles. The number of ether oxygens (including phenoxy) is 4. The van der Waals surface area contributed by atoms with E-state index in [1.165, 1.54) is 84.1 Å². The summed E-state index contributed by atoms with van der Waals surface area (Å²) >= 11 is 0. The zero-order valence-corrected chi connectivity index (χ0v) is 27.3. The summed E-state index contributed by atoms with van der Waals surface area (Å²) < 4.78 is 20.9. The molecule has 4 rings (SSSR count). The van der Waals surface area contributed by atoms with E-state index in [2.05, 4.69) is 29.1 Å². The molecule has 0 bridgehead atoms. The molecule has 1 amide bonds. The monoisotopic (exact) mass is 572 g/mol. The highest BCUT2D eigenvalue weighted by Gasteiger charge is 2.20. The van der Waals surface area contributed by atoms with Gasteiger partial charge in [-0.2, -0.15) is 0 Å². The quantitative estimate of drug-likeness (QED) is 0.517. The molecular weight excluding hydrogens is 508 g/mol. The summed E-state index contributed by atoms with van der Waals surface area (Å²) in [5.41, 5.74) is 0. The van der Waals surface area contributed by atoms with Crippen molar-refractivity contribution in [1.82, 2.24) is 20.0 Å². The van der Waals surface area contributed by atoms with Crippen LogP contribution in [0.2, 0.25) is 0 Å². The summed E-state index contributed by atoms with van der Waals surface area (Å²) in [5, 5.41) is 3.29. The van der Waals surface area contributed by atoms with Gasteiger partial charge < -0.3 is 39.0 Å². The van der Waals surface area contributed by atoms with Gasteiger partial charge in [-0.3, -0.25) is 4.79 Å². The van der Waals surface area contributed by atoms with Gasteiger partial charge in [-0.25, -0.2) is 0 Å². The maximum Gasteiger partial charge on any atom is 0.219 e. The zero-order chi connectivity index (χ0) is 29.8. The standard InChI is InChI=1S/C8H15NO2.2C8H17NO.C7H15NO/c1-7(10)9-5-3-8(11-2)4-6-9;1-9-7-3-5-8(10-2)6-4-7;1-3-9-6-4-8(10-2)5-7-9;1-8-5-3-7(9-2)4-6-8/h8H,3-6H2,1-2H3;7-9H,3-6H2,1-2H3;8H,3-7H2,1-2H3;7H,3-6H2,1-2H3. The molecule has 1 N–H and O–H groups in total. The highest BCUT2D eigenvalue weighted by molar-refractivity contribution is 5.73. The predicted molar refractivity (Wildman–Crippen MR) is 164 cm³/mol. The molecule has 4 aliphatic rings. The van der Waals surface area contributed by atoms with Crippen molar-refractivity contribution in [3.8, 4) is 0 Å². The second-order valence-electron chi connectivity index (χ2n) is 11.5.